The SMILES string of the molecule is Cc1c(CNC(=O)C2CCNC2)cnn1C. The van der Waals surface area contributed by atoms with Crippen molar-refractivity contribution in [3.05, 3.63) is 17.5 Å². The molecule has 1 aliphatic heterocycles. The zero-order chi connectivity index (χ0) is 11.5. The summed E-state index contributed by atoms with van der Waals surface area (Å²) in [6, 6.07) is 0. The molecule has 0 aliphatic carbocycles. The molecule has 2 heterocycles. The van der Waals surface area contributed by atoms with Gasteiger partial charge in [-0.25, -0.2) is 0 Å². The molecule has 1 aromatic heterocycles. The van der Waals surface area contributed by atoms with Crippen molar-refractivity contribution in [3.8, 4) is 0 Å². The summed E-state index contributed by atoms with van der Waals surface area (Å²) in [4.78, 5) is 11.8. The van der Waals surface area contributed by atoms with E-state index in [2.05, 4.69) is 15.7 Å². The highest BCUT2D eigenvalue weighted by Crippen LogP contribution is 2.09. The van der Waals surface area contributed by atoms with E-state index >= 15 is 0 Å². The second-order valence-corrected chi connectivity index (χ2v) is 4.29. The van der Waals surface area contributed by atoms with Crippen molar-refractivity contribution in [2.45, 2.75) is 19.9 Å². The van der Waals surface area contributed by atoms with Crippen LogP contribution < -0.4 is 10.6 Å². The molecule has 0 radical (unpaired) electrons. The third kappa shape index (κ3) is 2.24. The highest BCUT2D eigenvalue weighted by atomic mass is 16.1. The minimum absolute atomic E-state index is 0.136. The first-order valence-electron chi connectivity index (χ1n) is 5.64. The maximum atomic E-state index is 11.8. The quantitative estimate of drug-likeness (QED) is 0.754. The van der Waals surface area contributed by atoms with Gasteiger partial charge in [0.15, 0.2) is 0 Å². The maximum Gasteiger partial charge on any atom is 0.224 e. The molecular formula is C11H18N4O. The first-order valence-corrected chi connectivity index (χ1v) is 5.64. The monoisotopic (exact) mass is 222 g/mol. The van der Waals surface area contributed by atoms with Crippen LogP contribution in [0.1, 0.15) is 17.7 Å². The van der Waals surface area contributed by atoms with E-state index in [9.17, 15) is 4.79 Å². The molecule has 88 valence electrons. The second kappa shape index (κ2) is 4.65. The number of carbonyl (C=O) groups excluding carboxylic acids is 1. The molecule has 2 N–H and O–H groups in total. The lowest BCUT2D eigenvalue weighted by atomic mass is 10.1. The summed E-state index contributed by atoms with van der Waals surface area (Å²) in [5.74, 6) is 0.283. The molecule has 0 spiro atoms. The van der Waals surface area contributed by atoms with Gasteiger partial charge in [-0.2, -0.15) is 5.10 Å². The summed E-state index contributed by atoms with van der Waals surface area (Å²) >= 11 is 0. The predicted octanol–water partition coefficient (Wildman–Crippen LogP) is -0.0458. The lowest BCUT2D eigenvalue weighted by Crippen LogP contribution is -2.31. The first-order chi connectivity index (χ1) is 7.68. The number of rotatable bonds is 3. The predicted molar refractivity (Wildman–Crippen MR) is 60.8 cm³/mol. The van der Waals surface area contributed by atoms with Crippen molar-refractivity contribution in [2.75, 3.05) is 13.1 Å². The molecule has 1 fully saturated rings. The topological polar surface area (TPSA) is 59.0 Å². The fourth-order valence-electron chi connectivity index (χ4n) is 1.92. The van der Waals surface area contributed by atoms with Gasteiger partial charge in [-0.05, 0) is 19.9 Å². The molecule has 1 aromatic rings. The summed E-state index contributed by atoms with van der Waals surface area (Å²) in [6.45, 7) is 4.34. The highest BCUT2D eigenvalue weighted by molar-refractivity contribution is 5.79. The van der Waals surface area contributed by atoms with Crippen molar-refractivity contribution in [1.29, 1.82) is 0 Å². The van der Waals surface area contributed by atoms with E-state index in [1.807, 2.05) is 24.9 Å². The minimum atomic E-state index is 0.136. The number of hydrogen-bond donors (Lipinski definition) is 2. The Kier molecular flexibility index (Phi) is 3.24. The van der Waals surface area contributed by atoms with Gasteiger partial charge in [0.25, 0.3) is 0 Å². The van der Waals surface area contributed by atoms with Gasteiger partial charge in [-0.1, -0.05) is 0 Å². The fraction of sp³-hybridized carbons (Fsp3) is 0.636. The Morgan fingerprint density at radius 1 is 1.75 bits per heavy atom. The van der Waals surface area contributed by atoms with E-state index in [0.29, 0.717) is 6.54 Å². The van der Waals surface area contributed by atoms with E-state index in [-0.39, 0.29) is 11.8 Å². The van der Waals surface area contributed by atoms with Gasteiger partial charge < -0.3 is 10.6 Å². The van der Waals surface area contributed by atoms with Crippen LogP contribution >= 0.6 is 0 Å². The summed E-state index contributed by atoms with van der Waals surface area (Å²) in [7, 11) is 1.90. The van der Waals surface area contributed by atoms with Crippen LogP contribution in [0.3, 0.4) is 0 Å². The van der Waals surface area contributed by atoms with Crippen LogP contribution in [0.4, 0.5) is 0 Å². The maximum absolute atomic E-state index is 11.8. The largest absolute Gasteiger partial charge is 0.352 e. The number of aryl methyl sites for hydroxylation is 1. The first kappa shape index (κ1) is 11.1. The molecule has 1 atom stereocenters. The Hall–Kier alpha value is -1.36. The van der Waals surface area contributed by atoms with E-state index in [1.165, 1.54) is 0 Å². The number of nitrogens with one attached hydrogen (secondary N) is 2. The molecule has 2 rings (SSSR count). The summed E-state index contributed by atoms with van der Waals surface area (Å²) in [5, 5.41) is 10.3. The zero-order valence-electron chi connectivity index (χ0n) is 9.79. The van der Waals surface area contributed by atoms with Crippen LogP contribution in [0.25, 0.3) is 0 Å². The van der Waals surface area contributed by atoms with Crippen molar-refractivity contribution in [3.63, 3.8) is 0 Å². The van der Waals surface area contributed by atoms with Crippen LogP contribution in [0, 0.1) is 12.8 Å². The number of nitrogens with zero attached hydrogens (tertiary/aromatic N) is 2. The lowest BCUT2D eigenvalue weighted by Gasteiger charge is -2.09. The van der Waals surface area contributed by atoms with E-state index in [1.54, 1.807) is 0 Å². The Labute approximate surface area is 95.2 Å². The fourth-order valence-corrected chi connectivity index (χ4v) is 1.92. The molecular weight excluding hydrogens is 204 g/mol. The molecule has 1 aliphatic rings. The third-order valence-electron chi connectivity index (χ3n) is 3.22. The van der Waals surface area contributed by atoms with Crippen molar-refractivity contribution in [2.24, 2.45) is 13.0 Å². The Bertz CT molecular complexity index is 379. The normalized spacial score (nSPS) is 20.0. The standard InChI is InChI=1S/C11H18N4O/c1-8-10(7-14-15(8)2)6-13-11(16)9-3-4-12-5-9/h7,9,12H,3-6H2,1-2H3,(H,13,16). The van der Waals surface area contributed by atoms with Gasteiger partial charge in [0.2, 0.25) is 5.91 Å². The minimum Gasteiger partial charge on any atom is -0.352 e. The van der Waals surface area contributed by atoms with Crippen LogP contribution in [-0.2, 0) is 18.4 Å². The average molecular weight is 222 g/mol. The van der Waals surface area contributed by atoms with Gasteiger partial charge in [0.05, 0.1) is 12.1 Å². The molecule has 1 saturated heterocycles. The van der Waals surface area contributed by atoms with Gasteiger partial charge >= 0.3 is 0 Å². The van der Waals surface area contributed by atoms with Gasteiger partial charge in [0.1, 0.15) is 0 Å². The molecule has 1 amide bonds. The van der Waals surface area contributed by atoms with E-state index in [4.69, 9.17) is 0 Å². The van der Waals surface area contributed by atoms with Crippen LogP contribution in [0.5, 0.6) is 0 Å². The molecule has 5 heteroatoms. The molecule has 1 unspecified atom stereocenters. The van der Waals surface area contributed by atoms with Crippen molar-refractivity contribution < 1.29 is 4.79 Å². The van der Waals surface area contributed by atoms with Crippen LogP contribution in [-0.4, -0.2) is 28.8 Å². The van der Waals surface area contributed by atoms with Crippen LogP contribution in [0.15, 0.2) is 6.20 Å². The van der Waals surface area contributed by atoms with Gasteiger partial charge in [-0.3, -0.25) is 9.48 Å². The second-order valence-electron chi connectivity index (χ2n) is 4.29. The number of amides is 1. The van der Waals surface area contributed by atoms with Crippen LogP contribution in [0.2, 0.25) is 0 Å². The number of carbonyl (C=O) groups is 1. The Morgan fingerprint density at radius 3 is 3.12 bits per heavy atom. The average Bonchev–Trinajstić information content (AvgIpc) is 2.89. The molecule has 0 aromatic carbocycles. The summed E-state index contributed by atoms with van der Waals surface area (Å²) in [5.41, 5.74) is 2.19. The third-order valence-corrected chi connectivity index (χ3v) is 3.22. The Morgan fingerprint density at radius 2 is 2.56 bits per heavy atom. The number of aromatic nitrogens is 2. The van der Waals surface area contributed by atoms with E-state index in [0.717, 1.165) is 30.8 Å². The summed E-state index contributed by atoms with van der Waals surface area (Å²) < 4.78 is 1.82. The Balaban J connectivity index is 1.87. The molecule has 5 nitrogen and oxygen atoms in total. The smallest absolute Gasteiger partial charge is 0.224 e. The zero-order valence-corrected chi connectivity index (χ0v) is 9.79. The molecule has 0 saturated carbocycles. The van der Waals surface area contributed by atoms with E-state index < -0.39 is 0 Å². The molecule has 16 heavy (non-hydrogen) atoms. The van der Waals surface area contributed by atoms with Gasteiger partial charge in [0, 0.05) is 31.4 Å². The molecule has 0 bridgehead atoms. The lowest BCUT2D eigenvalue weighted by molar-refractivity contribution is -0.124. The summed E-state index contributed by atoms with van der Waals surface area (Å²) in [6.07, 6.45) is 2.75. The van der Waals surface area contributed by atoms with Crippen molar-refractivity contribution >= 4 is 5.91 Å². The van der Waals surface area contributed by atoms with Crippen molar-refractivity contribution in [1.82, 2.24) is 20.4 Å². The van der Waals surface area contributed by atoms with Gasteiger partial charge in [-0.15, -0.1) is 0 Å². The highest BCUT2D eigenvalue weighted by Gasteiger charge is 2.22. The number of hydrogen-bond acceptors (Lipinski definition) is 3.